The monoisotopic (exact) mass is 458 g/mol. The summed E-state index contributed by atoms with van der Waals surface area (Å²) in [4.78, 5) is 2.07. The van der Waals surface area contributed by atoms with Crippen molar-refractivity contribution in [3.63, 3.8) is 0 Å². The molecule has 0 heterocycles. The summed E-state index contributed by atoms with van der Waals surface area (Å²) in [5, 5.41) is 10.8. The van der Waals surface area contributed by atoms with E-state index < -0.39 is 13.9 Å². The lowest BCUT2D eigenvalue weighted by Crippen LogP contribution is -2.40. The van der Waals surface area contributed by atoms with Gasteiger partial charge in [-0.05, 0) is 80.9 Å². The van der Waals surface area contributed by atoms with E-state index in [4.69, 9.17) is 4.43 Å². The van der Waals surface area contributed by atoms with Gasteiger partial charge in [-0.3, -0.25) is 0 Å². The highest BCUT2D eigenvalue weighted by molar-refractivity contribution is 9.11. The third-order valence-corrected chi connectivity index (χ3v) is 12.0. The maximum atomic E-state index is 10.5. The number of halogens is 1. The molecule has 0 unspecified atom stereocenters. The lowest BCUT2D eigenvalue weighted by molar-refractivity contribution is 0.0340. The second-order valence-electron chi connectivity index (χ2n) is 10.8. The van der Waals surface area contributed by atoms with Crippen LogP contribution in [-0.4, -0.2) is 25.6 Å². The predicted octanol–water partition coefficient (Wildman–Crippen LogP) is 7.59. The first kappa shape index (κ1) is 25.1. The molecule has 158 valence electrons. The maximum absolute atomic E-state index is 10.5. The van der Waals surface area contributed by atoms with Gasteiger partial charge in [-0.15, -0.1) is 0 Å². The van der Waals surface area contributed by atoms with Gasteiger partial charge in [0.1, 0.15) is 0 Å². The van der Waals surface area contributed by atoms with Crippen LogP contribution in [0.4, 0.5) is 0 Å². The third kappa shape index (κ3) is 6.83. The van der Waals surface area contributed by atoms with E-state index in [1.807, 2.05) is 13.8 Å². The molecule has 0 spiro atoms. The Balaban J connectivity index is 2.46. The summed E-state index contributed by atoms with van der Waals surface area (Å²) < 4.78 is 6.28. The average molecular weight is 460 g/mol. The second kappa shape index (κ2) is 9.28. The van der Waals surface area contributed by atoms with E-state index in [-0.39, 0.29) is 16.4 Å². The molecule has 0 amide bonds. The summed E-state index contributed by atoms with van der Waals surface area (Å²) in [6.45, 7) is 22.9. The lowest BCUT2D eigenvalue weighted by atomic mass is 9.75. The molecule has 1 aliphatic rings. The minimum absolute atomic E-state index is 0.161. The molecule has 4 heteroatoms. The predicted molar refractivity (Wildman–Crippen MR) is 125 cm³/mol. The van der Waals surface area contributed by atoms with Crippen molar-refractivity contribution in [3.8, 4) is 0 Å². The van der Waals surface area contributed by atoms with Crippen LogP contribution in [0, 0.1) is 11.3 Å². The van der Waals surface area contributed by atoms with Crippen LogP contribution in [0.1, 0.15) is 80.1 Å². The van der Waals surface area contributed by atoms with Gasteiger partial charge in [0.2, 0.25) is 0 Å². The van der Waals surface area contributed by atoms with E-state index in [2.05, 4.69) is 68.3 Å². The number of hydrogen-bond donors (Lipinski definition) is 1. The Morgan fingerprint density at radius 1 is 1.30 bits per heavy atom. The van der Waals surface area contributed by atoms with Crippen LogP contribution >= 0.6 is 15.9 Å². The molecule has 2 atom stereocenters. The topological polar surface area (TPSA) is 29.5 Å². The van der Waals surface area contributed by atoms with Crippen molar-refractivity contribution in [1.29, 1.82) is 0 Å². The summed E-state index contributed by atoms with van der Waals surface area (Å²) in [6, 6.07) is 0. The minimum Gasteiger partial charge on any atom is -0.417 e. The summed E-state index contributed by atoms with van der Waals surface area (Å²) in [6.07, 6.45) is 6.48. The summed E-state index contributed by atoms with van der Waals surface area (Å²) in [5.74, 6) is 0.244. The van der Waals surface area contributed by atoms with Crippen molar-refractivity contribution in [2.75, 3.05) is 6.61 Å². The van der Waals surface area contributed by atoms with Crippen LogP contribution in [-0.2, 0) is 4.43 Å². The minimum atomic E-state index is -1.63. The maximum Gasteiger partial charge on any atom is 0.191 e. The number of allylic oxidation sites excluding steroid dienone is 1. The zero-order valence-electron chi connectivity index (χ0n) is 19.0. The fourth-order valence-electron chi connectivity index (χ4n) is 3.84. The standard InChI is InChI=1S/C23H43BrO2Si/c1-18(11-10-16-26-27(8,9)21(2,3)4)12-14-23(7)15-13-19(20(23)17-24)22(5,6)25/h17,19,25H,1,10-16H2,2-9H3/b20-17+/t19-,23-/m1/s1. The SMILES string of the molecule is C=C(CCCO[Si](C)(C)C(C)(C)C)CC[C@]1(C)CC[C@@H](C(C)(C)O)/C1=C\Br. The van der Waals surface area contributed by atoms with Gasteiger partial charge in [-0.1, -0.05) is 61.4 Å². The van der Waals surface area contributed by atoms with Crippen LogP contribution < -0.4 is 0 Å². The molecule has 27 heavy (non-hydrogen) atoms. The van der Waals surface area contributed by atoms with Gasteiger partial charge in [0, 0.05) is 12.5 Å². The molecule has 1 N–H and O–H groups in total. The van der Waals surface area contributed by atoms with Crippen molar-refractivity contribution in [2.45, 2.75) is 104 Å². The number of hydrogen-bond acceptors (Lipinski definition) is 2. The number of aliphatic hydroxyl groups is 1. The Bertz CT molecular complexity index is 540. The fourth-order valence-corrected chi connectivity index (χ4v) is 5.80. The normalized spacial score (nSPS) is 26.0. The fraction of sp³-hybridized carbons (Fsp3) is 0.826. The second-order valence-corrected chi connectivity index (χ2v) is 16.1. The van der Waals surface area contributed by atoms with Gasteiger partial charge in [0.25, 0.3) is 0 Å². The van der Waals surface area contributed by atoms with E-state index in [1.54, 1.807) is 0 Å². The molecule has 0 radical (unpaired) electrons. The molecule has 0 bridgehead atoms. The molecule has 0 aromatic carbocycles. The Morgan fingerprint density at radius 3 is 2.37 bits per heavy atom. The third-order valence-electron chi connectivity index (χ3n) is 7.00. The highest BCUT2D eigenvalue weighted by atomic mass is 79.9. The molecule has 1 saturated carbocycles. The van der Waals surface area contributed by atoms with Crippen molar-refractivity contribution < 1.29 is 9.53 Å². The van der Waals surface area contributed by atoms with Gasteiger partial charge < -0.3 is 9.53 Å². The van der Waals surface area contributed by atoms with Gasteiger partial charge in [0.15, 0.2) is 8.32 Å². The molecule has 0 aromatic rings. The van der Waals surface area contributed by atoms with Crippen LogP contribution in [0.3, 0.4) is 0 Å². The van der Waals surface area contributed by atoms with Crippen LogP contribution in [0.25, 0.3) is 0 Å². The molecule has 1 rings (SSSR count). The van der Waals surface area contributed by atoms with E-state index in [1.165, 1.54) is 11.1 Å². The van der Waals surface area contributed by atoms with Crippen molar-refractivity contribution >= 4 is 24.2 Å². The Hall–Kier alpha value is 0.0969. The van der Waals surface area contributed by atoms with Gasteiger partial charge in [-0.25, -0.2) is 0 Å². The summed E-state index contributed by atoms with van der Waals surface area (Å²) >= 11 is 3.57. The first-order valence-electron chi connectivity index (χ1n) is 10.5. The van der Waals surface area contributed by atoms with Crippen LogP contribution in [0.5, 0.6) is 0 Å². The average Bonchev–Trinajstić information content (AvgIpc) is 2.85. The van der Waals surface area contributed by atoms with Gasteiger partial charge in [0.05, 0.1) is 5.60 Å². The summed E-state index contributed by atoms with van der Waals surface area (Å²) in [7, 11) is -1.63. The van der Waals surface area contributed by atoms with Crippen LogP contribution in [0.2, 0.25) is 18.1 Å². The van der Waals surface area contributed by atoms with Crippen LogP contribution in [0.15, 0.2) is 22.7 Å². The Kier molecular flexibility index (Phi) is 8.63. The first-order valence-corrected chi connectivity index (χ1v) is 14.3. The molecule has 1 fully saturated rings. The highest BCUT2D eigenvalue weighted by Gasteiger charge is 2.45. The van der Waals surface area contributed by atoms with Gasteiger partial charge >= 0.3 is 0 Å². The van der Waals surface area contributed by atoms with Crippen molar-refractivity contribution in [3.05, 3.63) is 22.7 Å². The van der Waals surface area contributed by atoms with Crippen molar-refractivity contribution in [1.82, 2.24) is 0 Å². The molecule has 2 nitrogen and oxygen atoms in total. The Labute approximate surface area is 178 Å². The summed E-state index contributed by atoms with van der Waals surface area (Å²) in [5.41, 5.74) is 2.20. The van der Waals surface area contributed by atoms with E-state index >= 15 is 0 Å². The molecule has 0 aliphatic heterocycles. The molecule has 1 aliphatic carbocycles. The first-order chi connectivity index (χ1) is 12.1. The van der Waals surface area contributed by atoms with Crippen molar-refractivity contribution in [2.24, 2.45) is 11.3 Å². The highest BCUT2D eigenvalue weighted by Crippen LogP contribution is 2.53. The molecule has 0 saturated heterocycles. The molecule has 0 aromatic heterocycles. The lowest BCUT2D eigenvalue weighted by Gasteiger charge is -2.36. The smallest absolute Gasteiger partial charge is 0.191 e. The van der Waals surface area contributed by atoms with E-state index in [9.17, 15) is 5.11 Å². The number of rotatable bonds is 9. The van der Waals surface area contributed by atoms with E-state index in [0.717, 1.165) is 45.1 Å². The quantitative estimate of drug-likeness (QED) is 0.219. The van der Waals surface area contributed by atoms with Gasteiger partial charge in [-0.2, -0.15) is 0 Å². The largest absolute Gasteiger partial charge is 0.417 e. The van der Waals surface area contributed by atoms with E-state index in [0.29, 0.717) is 0 Å². The molecular weight excluding hydrogens is 416 g/mol. The zero-order valence-corrected chi connectivity index (χ0v) is 21.6. The Morgan fingerprint density at radius 2 is 1.89 bits per heavy atom. The molecular formula is C23H43BrO2Si. The zero-order chi connectivity index (χ0) is 21.1.